The Kier molecular flexibility index (Phi) is 2.86. The van der Waals surface area contributed by atoms with E-state index in [4.69, 9.17) is 4.74 Å². The number of aromatic hydroxyl groups is 1. The largest absolute Gasteiger partial charge is 0.507 e. The number of phenolic OH excluding ortho intramolecular Hbond substituents is 1. The molecule has 17 heavy (non-hydrogen) atoms. The molecule has 1 aliphatic rings. The van der Waals surface area contributed by atoms with Gasteiger partial charge in [-0.3, -0.25) is 0 Å². The molecule has 0 saturated heterocycles. The number of methoxy groups -OCH3 is 1. The number of hydrogen-bond donors (Lipinski definition) is 1. The first-order chi connectivity index (χ1) is 8.13. The number of phenols is 1. The molecule has 0 spiro atoms. The van der Waals surface area contributed by atoms with Gasteiger partial charge >= 0.3 is 0 Å². The third kappa shape index (κ3) is 1.78. The van der Waals surface area contributed by atoms with Crippen LogP contribution in [0.1, 0.15) is 24.8 Å². The average Bonchev–Trinajstić information content (AvgIpc) is 2.26. The van der Waals surface area contributed by atoms with E-state index in [0.29, 0.717) is 18.4 Å². The maximum atomic E-state index is 13.6. The molecule has 1 aromatic rings. The van der Waals surface area contributed by atoms with E-state index in [1.165, 1.54) is 25.3 Å². The fourth-order valence-electron chi connectivity index (χ4n) is 2.11. The van der Waals surface area contributed by atoms with Crippen molar-refractivity contribution < 1.29 is 19.0 Å². The number of nitrogens with zero attached hydrogens (tertiary/aromatic N) is 1. The van der Waals surface area contributed by atoms with Gasteiger partial charge < -0.3 is 9.84 Å². The number of aliphatic imine (C=N–C) groups is 1. The first kappa shape index (κ1) is 11.6. The number of isocyanates is 1. The van der Waals surface area contributed by atoms with Gasteiger partial charge in [0, 0.05) is 11.6 Å². The lowest BCUT2D eigenvalue weighted by atomic mass is 9.72. The van der Waals surface area contributed by atoms with E-state index in [0.717, 1.165) is 6.42 Å². The van der Waals surface area contributed by atoms with E-state index in [1.54, 1.807) is 0 Å². The van der Waals surface area contributed by atoms with E-state index in [2.05, 4.69) is 4.99 Å². The summed E-state index contributed by atoms with van der Waals surface area (Å²) in [5.74, 6) is -0.717. The average molecular weight is 237 g/mol. The minimum atomic E-state index is -0.807. The van der Waals surface area contributed by atoms with Crippen molar-refractivity contribution in [2.45, 2.75) is 24.8 Å². The zero-order chi connectivity index (χ0) is 12.5. The van der Waals surface area contributed by atoms with Crippen LogP contribution in [0.25, 0.3) is 0 Å². The minimum Gasteiger partial charge on any atom is -0.507 e. The van der Waals surface area contributed by atoms with Gasteiger partial charge in [0.25, 0.3) is 0 Å². The quantitative estimate of drug-likeness (QED) is 0.648. The fourth-order valence-corrected chi connectivity index (χ4v) is 2.11. The summed E-state index contributed by atoms with van der Waals surface area (Å²) in [5.41, 5.74) is -0.482. The Morgan fingerprint density at radius 1 is 1.53 bits per heavy atom. The van der Waals surface area contributed by atoms with Crippen molar-refractivity contribution in [1.82, 2.24) is 0 Å². The second-order valence-electron chi connectivity index (χ2n) is 4.09. The standard InChI is InChI=1S/C12H12FNO3/c1-17-11-6-10(16)8(5-9(11)13)12(14-7-15)3-2-4-12/h5-6,16H,2-4H2,1H3. The lowest BCUT2D eigenvalue weighted by Crippen LogP contribution is -2.32. The van der Waals surface area contributed by atoms with Crippen LogP contribution < -0.4 is 4.74 Å². The van der Waals surface area contributed by atoms with Crippen molar-refractivity contribution in [2.24, 2.45) is 4.99 Å². The topological polar surface area (TPSA) is 58.9 Å². The molecule has 0 bridgehead atoms. The molecule has 1 aromatic carbocycles. The molecule has 1 fully saturated rings. The van der Waals surface area contributed by atoms with Crippen LogP contribution in [0.2, 0.25) is 0 Å². The van der Waals surface area contributed by atoms with Crippen molar-refractivity contribution in [3.05, 3.63) is 23.5 Å². The maximum absolute atomic E-state index is 13.6. The van der Waals surface area contributed by atoms with E-state index in [1.807, 2.05) is 0 Å². The molecule has 1 aliphatic carbocycles. The smallest absolute Gasteiger partial charge is 0.235 e. The number of halogens is 1. The van der Waals surface area contributed by atoms with E-state index in [9.17, 15) is 14.3 Å². The lowest BCUT2D eigenvalue weighted by Gasteiger charge is -2.37. The Labute approximate surface area is 97.7 Å². The van der Waals surface area contributed by atoms with Gasteiger partial charge in [0.15, 0.2) is 11.6 Å². The van der Waals surface area contributed by atoms with Gasteiger partial charge in [0.1, 0.15) is 11.3 Å². The van der Waals surface area contributed by atoms with Crippen LogP contribution in [0.5, 0.6) is 11.5 Å². The highest BCUT2D eigenvalue weighted by molar-refractivity contribution is 5.48. The van der Waals surface area contributed by atoms with Crippen LogP contribution >= 0.6 is 0 Å². The van der Waals surface area contributed by atoms with E-state index < -0.39 is 11.4 Å². The Hall–Kier alpha value is -1.87. The number of hydrogen-bond acceptors (Lipinski definition) is 4. The second-order valence-corrected chi connectivity index (χ2v) is 4.09. The van der Waals surface area contributed by atoms with Crippen molar-refractivity contribution in [2.75, 3.05) is 7.11 Å². The van der Waals surface area contributed by atoms with Crippen LogP contribution in [-0.2, 0) is 10.3 Å². The number of benzene rings is 1. The second kappa shape index (κ2) is 4.18. The summed E-state index contributed by atoms with van der Waals surface area (Å²) in [6.45, 7) is 0. The first-order valence-electron chi connectivity index (χ1n) is 5.29. The highest BCUT2D eigenvalue weighted by atomic mass is 19.1. The van der Waals surface area contributed by atoms with Crippen LogP contribution in [0.3, 0.4) is 0 Å². The molecular weight excluding hydrogens is 225 g/mol. The highest BCUT2D eigenvalue weighted by Gasteiger charge is 2.41. The van der Waals surface area contributed by atoms with Crippen LogP contribution in [0.15, 0.2) is 17.1 Å². The molecule has 0 aromatic heterocycles. The van der Waals surface area contributed by atoms with Crippen LogP contribution in [-0.4, -0.2) is 18.3 Å². The highest BCUT2D eigenvalue weighted by Crippen LogP contribution is 2.48. The van der Waals surface area contributed by atoms with Crippen molar-refractivity contribution in [3.8, 4) is 11.5 Å². The zero-order valence-electron chi connectivity index (χ0n) is 9.36. The maximum Gasteiger partial charge on any atom is 0.235 e. The van der Waals surface area contributed by atoms with Gasteiger partial charge in [-0.25, -0.2) is 9.18 Å². The monoisotopic (exact) mass is 237 g/mol. The van der Waals surface area contributed by atoms with Gasteiger partial charge in [-0.2, -0.15) is 4.99 Å². The van der Waals surface area contributed by atoms with E-state index in [-0.39, 0.29) is 11.5 Å². The zero-order valence-corrected chi connectivity index (χ0v) is 9.36. The van der Waals surface area contributed by atoms with E-state index >= 15 is 0 Å². The molecular formula is C12H12FNO3. The molecule has 0 amide bonds. The molecule has 0 radical (unpaired) electrons. The lowest BCUT2D eigenvalue weighted by molar-refractivity contribution is 0.246. The summed E-state index contributed by atoms with van der Waals surface area (Å²) in [4.78, 5) is 14.1. The summed E-state index contributed by atoms with van der Waals surface area (Å²) in [6.07, 6.45) is 3.61. The van der Waals surface area contributed by atoms with Crippen molar-refractivity contribution in [1.29, 1.82) is 0 Å². The fraction of sp³-hybridized carbons (Fsp3) is 0.417. The number of rotatable bonds is 3. The Balaban J connectivity index is 2.52. The van der Waals surface area contributed by atoms with Gasteiger partial charge in [-0.1, -0.05) is 0 Å². The summed E-state index contributed by atoms with van der Waals surface area (Å²) in [6, 6.07) is 2.37. The molecule has 4 nitrogen and oxygen atoms in total. The minimum absolute atomic E-state index is 0.0317. The third-order valence-corrected chi connectivity index (χ3v) is 3.21. The van der Waals surface area contributed by atoms with Crippen LogP contribution in [0, 0.1) is 5.82 Å². The molecule has 2 rings (SSSR count). The number of carbonyl (C=O) groups excluding carboxylic acids is 1. The third-order valence-electron chi connectivity index (χ3n) is 3.21. The molecule has 0 heterocycles. The molecule has 90 valence electrons. The van der Waals surface area contributed by atoms with Gasteiger partial charge in [-0.15, -0.1) is 0 Å². The SMILES string of the molecule is COc1cc(O)c(C2(N=C=O)CCC2)cc1F. The van der Waals surface area contributed by atoms with Crippen LogP contribution in [0.4, 0.5) is 4.39 Å². The molecule has 1 N–H and O–H groups in total. The summed E-state index contributed by atoms with van der Waals surface area (Å²) in [7, 11) is 1.32. The van der Waals surface area contributed by atoms with Gasteiger partial charge in [-0.05, 0) is 25.3 Å². The summed E-state index contributed by atoms with van der Waals surface area (Å²) >= 11 is 0. The molecule has 0 atom stereocenters. The summed E-state index contributed by atoms with van der Waals surface area (Å²) in [5, 5.41) is 9.84. The molecule has 0 aliphatic heterocycles. The van der Waals surface area contributed by atoms with Gasteiger partial charge in [0.2, 0.25) is 6.08 Å². The molecule has 5 heteroatoms. The Bertz CT molecular complexity index is 491. The predicted octanol–water partition coefficient (Wildman–Crippen LogP) is 2.25. The normalized spacial score (nSPS) is 16.8. The molecule has 0 unspecified atom stereocenters. The number of ether oxygens (including phenoxy) is 1. The Morgan fingerprint density at radius 3 is 2.71 bits per heavy atom. The van der Waals surface area contributed by atoms with Gasteiger partial charge in [0.05, 0.1) is 7.11 Å². The first-order valence-corrected chi connectivity index (χ1v) is 5.29. The Morgan fingerprint density at radius 2 is 2.24 bits per heavy atom. The van der Waals surface area contributed by atoms with Crippen molar-refractivity contribution >= 4 is 6.08 Å². The predicted molar refractivity (Wildman–Crippen MR) is 58.3 cm³/mol. The molecule has 1 saturated carbocycles. The van der Waals surface area contributed by atoms with Crippen molar-refractivity contribution in [3.63, 3.8) is 0 Å². The summed E-state index contributed by atoms with van der Waals surface area (Å²) < 4.78 is 18.3.